The van der Waals surface area contributed by atoms with Crippen LogP contribution in [0.2, 0.25) is 0 Å². The fourth-order valence-electron chi connectivity index (χ4n) is 3.18. The molecule has 0 aromatic heterocycles. The van der Waals surface area contributed by atoms with E-state index in [1.54, 1.807) is 0 Å². The van der Waals surface area contributed by atoms with Crippen LogP contribution in [-0.4, -0.2) is 10.7 Å². The van der Waals surface area contributed by atoms with Crippen LogP contribution in [0.15, 0.2) is 66.7 Å². The van der Waals surface area contributed by atoms with Gasteiger partial charge in [-0.2, -0.15) is 0 Å². The van der Waals surface area contributed by atoms with Gasteiger partial charge in [-0.1, -0.05) is 17.7 Å². The molecule has 0 aliphatic carbocycles. The predicted octanol–water partition coefficient (Wildman–Crippen LogP) is 7.31. The molecule has 0 spiro atoms. The van der Waals surface area contributed by atoms with Crippen molar-refractivity contribution in [1.29, 1.82) is 0 Å². The maximum atomic E-state index is 6.12. The van der Waals surface area contributed by atoms with Gasteiger partial charge in [-0.3, -0.25) is 0 Å². The Balaban J connectivity index is 1.70. The Bertz CT molecular complexity index is 973. The minimum atomic E-state index is -1.91. The molecular formula is C25H26Cl2ORu. The van der Waals surface area contributed by atoms with Crippen molar-refractivity contribution < 1.29 is 18.3 Å². The number of benzene rings is 3. The summed E-state index contributed by atoms with van der Waals surface area (Å²) in [4.78, 5) is 0. The molecular weight excluding hydrogens is 488 g/mol. The van der Waals surface area contributed by atoms with Gasteiger partial charge in [0.25, 0.3) is 0 Å². The monoisotopic (exact) mass is 514 g/mol. The summed E-state index contributed by atoms with van der Waals surface area (Å²) < 4.78 is 7.86. The Kier molecular flexibility index (Phi) is 8.07. The van der Waals surface area contributed by atoms with E-state index >= 15 is 0 Å². The minimum Gasteiger partial charge on any atom is -0.0587 e. The molecule has 0 atom stereocenters. The molecule has 0 N–H and O–H groups in total. The van der Waals surface area contributed by atoms with E-state index in [-0.39, 0.29) is 6.10 Å². The van der Waals surface area contributed by atoms with Crippen LogP contribution in [-0.2, 0) is 26.4 Å². The van der Waals surface area contributed by atoms with Gasteiger partial charge in [-0.15, -0.1) is 0 Å². The van der Waals surface area contributed by atoms with Crippen molar-refractivity contribution in [3.05, 3.63) is 89.0 Å². The van der Waals surface area contributed by atoms with E-state index in [1.807, 2.05) is 24.5 Å². The quantitative estimate of drug-likeness (QED) is 0.301. The average Bonchev–Trinajstić information content (AvgIpc) is 2.68. The maximum absolute atomic E-state index is 6.12. The summed E-state index contributed by atoms with van der Waals surface area (Å²) in [6, 6.07) is 23.8. The Morgan fingerprint density at radius 3 is 1.97 bits per heavy atom. The number of rotatable bonds is 7. The number of hydrogen-bond donors (Lipinski definition) is 0. The zero-order valence-corrected chi connectivity index (χ0v) is 20.2. The molecule has 154 valence electrons. The van der Waals surface area contributed by atoms with Gasteiger partial charge in [0, 0.05) is 0 Å². The van der Waals surface area contributed by atoms with Crippen molar-refractivity contribution in [3.8, 4) is 16.9 Å². The molecule has 0 amide bonds. The number of aryl methyl sites for hydroxylation is 3. The first kappa shape index (κ1) is 22.2. The summed E-state index contributed by atoms with van der Waals surface area (Å²) in [7, 11) is 12.2. The Morgan fingerprint density at radius 2 is 1.38 bits per heavy atom. The van der Waals surface area contributed by atoms with Crippen molar-refractivity contribution in [3.63, 3.8) is 0 Å². The van der Waals surface area contributed by atoms with Crippen LogP contribution < -0.4 is 4.74 Å². The summed E-state index contributed by atoms with van der Waals surface area (Å²) in [5.41, 5.74) is 7.39. The zero-order valence-electron chi connectivity index (χ0n) is 16.9. The summed E-state index contributed by atoms with van der Waals surface area (Å²) in [5.74, 6) is 0.853. The molecule has 0 fully saturated rings. The smallest absolute Gasteiger partial charge is 0.0587 e. The van der Waals surface area contributed by atoms with Gasteiger partial charge in [0.15, 0.2) is 0 Å². The molecule has 1 nitrogen and oxygen atoms in total. The van der Waals surface area contributed by atoms with E-state index in [0.29, 0.717) is 0 Å². The molecule has 0 aliphatic rings. The van der Waals surface area contributed by atoms with Crippen molar-refractivity contribution in [2.45, 2.75) is 39.7 Å². The molecule has 4 heteroatoms. The zero-order chi connectivity index (χ0) is 20.8. The molecule has 3 rings (SSSR count). The molecule has 0 saturated carbocycles. The molecule has 0 bridgehead atoms. The first-order chi connectivity index (χ1) is 13.9. The second-order valence-corrected chi connectivity index (χ2v) is 13.1. The molecule has 3 aromatic carbocycles. The van der Waals surface area contributed by atoms with Crippen LogP contribution in [0, 0.1) is 6.92 Å². The number of hydrogen-bond acceptors (Lipinski definition) is 1. The van der Waals surface area contributed by atoms with Crippen molar-refractivity contribution >= 4 is 24.0 Å². The molecule has 3 aromatic rings. The van der Waals surface area contributed by atoms with E-state index < -0.39 is 13.5 Å². The summed E-state index contributed by atoms with van der Waals surface area (Å²) in [5, 5.41) is 0. The molecule has 0 radical (unpaired) electrons. The van der Waals surface area contributed by atoms with Gasteiger partial charge >= 0.3 is 163 Å². The van der Waals surface area contributed by atoms with Crippen molar-refractivity contribution in [2.24, 2.45) is 0 Å². The standard InChI is InChI=1S/C25H26O.2ClH.Ru/c1-18(2)26-25-16-11-22(17-20(25)4)8-7-21-9-14-24(15-10-21)23-12-5-19(3)6-13-23;;;/h4-6,9-18H,7-8H2,1-3H3;2*1H;/q;;;+2/p-2. The number of halogens is 2. The molecule has 0 aliphatic heterocycles. The van der Waals surface area contributed by atoms with Gasteiger partial charge in [0.2, 0.25) is 0 Å². The van der Waals surface area contributed by atoms with E-state index in [9.17, 15) is 0 Å². The number of ether oxygens (including phenoxy) is 1. The summed E-state index contributed by atoms with van der Waals surface area (Å²) in [6.45, 7) is 6.16. The first-order valence-electron chi connectivity index (χ1n) is 9.69. The van der Waals surface area contributed by atoms with Crippen LogP contribution in [0.3, 0.4) is 0 Å². The van der Waals surface area contributed by atoms with Gasteiger partial charge in [0.1, 0.15) is 0 Å². The fraction of sp³-hybridized carbons (Fsp3) is 0.240. The summed E-state index contributed by atoms with van der Waals surface area (Å²) >= 11 is -1.91. The Morgan fingerprint density at radius 1 is 0.828 bits per heavy atom. The third kappa shape index (κ3) is 6.78. The molecule has 29 heavy (non-hydrogen) atoms. The van der Waals surface area contributed by atoms with Crippen LogP contribution in [0.25, 0.3) is 11.1 Å². The van der Waals surface area contributed by atoms with Gasteiger partial charge in [0.05, 0.1) is 0 Å². The minimum absolute atomic E-state index is 0.117. The van der Waals surface area contributed by atoms with Crippen LogP contribution in [0.4, 0.5) is 0 Å². The van der Waals surface area contributed by atoms with E-state index in [1.165, 1.54) is 27.8 Å². The van der Waals surface area contributed by atoms with Crippen molar-refractivity contribution in [1.82, 2.24) is 0 Å². The second kappa shape index (κ2) is 10.5. The van der Waals surface area contributed by atoms with Crippen LogP contribution in [0.5, 0.6) is 5.75 Å². The third-order valence-electron chi connectivity index (χ3n) is 4.67. The SMILES string of the molecule is Cc1ccc(-c2ccc(CCc3ccc(OC(C)C)c([CH]=[Ru]([Cl])[Cl])c3)cc2)cc1. The normalized spacial score (nSPS) is 11.4. The molecule has 0 heterocycles. The fourth-order valence-corrected chi connectivity index (χ4v) is 4.96. The van der Waals surface area contributed by atoms with Crippen LogP contribution >= 0.6 is 19.4 Å². The third-order valence-corrected chi connectivity index (χ3v) is 6.50. The van der Waals surface area contributed by atoms with Crippen LogP contribution in [0.1, 0.15) is 36.1 Å². The summed E-state index contributed by atoms with van der Waals surface area (Å²) in [6.07, 6.45) is 2.07. The Hall–Kier alpha value is -1.47. The van der Waals surface area contributed by atoms with E-state index in [4.69, 9.17) is 24.1 Å². The second-order valence-electron chi connectivity index (χ2n) is 7.41. The van der Waals surface area contributed by atoms with Gasteiger partial charge in [-0.05, 0) is 6.92 Å². The predicted molar refractivity (Wildman–Crippen MR) is 123 cm³/mol. The van der Waals surface area contributed by atoms with E-state index in [0.717, 1.165) is 24.2 Å². The first-order valence-corrected chi connectivity index (χ1v) is 15.2. The van der Waals surface area contributed by atoms with Crippen molar-refractivity contribution in [2.75, 3.05) is 0 Å². The van der Waals surface area contributed by atoms with E-state index in [2.05, 4.69) is 67.6 Å². The average molecular weight is 514 g/mol. The van der Waals surface area contributed by atoms with Gasteiger partial charge < -0.3 is 0 Å². The topological polar surface area (TPSA) is 9.23 Å². The van der Waals surface area contributed by atoms with Gasteiger partial charge in [-0.25, -0.2) is 0 Å². The molecule has 0 unspecified atom stereocenters. The Labute approximate surface area is 187 Å². The molecule has 0 saturated heterocycles.